The SMILES string of the molecule is C[C@@H](CCc1ccccc1)NCc1ccc(OCc2ccc(Cl)c(Cl)c2)cc1. The first kappa shape index (κ1) is 20.7. The van der Waals surface area contributed by atoms with Gasteiger partial charge in [-0.1, -0.05) is 71.7 Å². The van der Waals surface area contributed by atoms with Crippen molar-refractivity contribution in [1.82, 2.24) is 5.32 Å². The van der Waals surface area contributed by atoms with E-state index in [0.717, 1.165) is 30.7 Å². The molecule has 0 saturated carbocycles. The van der Waals surface area contributed by atoms with Gasteiger partial charge in [0.25, 0.3) is 0 Å². The summed E-state index contributed by atoms with van der Waals surface area (Å²) in [4.78, 5) is 0. The van der Waals surface area contributed by atoms with E-state index in [0.29, 0.717) is 22.7 Å². The van der Waals surface area contributed by atoms with Crippen LogP contribution in [0.25, 0.3) is 0 Å². The summed E-state index contributed by atoms with van der Waals surface area (Å²) >= 11 is 12.0. The van der Waals surface area contributed by atoms with Crippen molar-refractivity contribution >= 4 is 23.2 Å². The van der Waals surface area contributed by atoms with E-state index in [2.05, 4.69) is 54.7 Å². The van der Waals surface area contributed by atoms with E-state index in [1.165, 1.54) is 11.1 Å². The Bertz CT molecular complexity index is 866. The molecule has 0 aliphatic rings. The van der Waals surface area contributed by atoms with E-state index in [4.69, 9.17) is 27.9 Å². The molecular weight excluding hydrogens is 389 g/mol. The molecule has 0 radical (unpaired) electrons. The van der Waals surface area contributed by atoms with Gasteiger partial charge in [-0.05, 0) is 60.7 Å². The van der Waals surface area contributed by atoms with Crippen molar-refractivity contribution in [3.63, 3.8) is 0 Å². The molecule has 1 atom stereocenters. The summed E-state index contributed by atoms with van der Waals surface area (Å²) in [5, 5.41) is 4.69. The van der Waals surface area contributed by atoms with Gasteiger partial charge in [-0.2, -0.15) is 0 Å². The lowest BCUT2D eigenvalue weighted by molar-refractivity contribution is 0.306. The van der Waals surface area contributed by atoms with Gasteiger partial charge in [-0.15, -0.1) is 0 Å². The minimum absolute atomic E-state index is 0.463. The van der Waals surface area contributed by atoms with Crippen LogP contribution in [-0.2, 0) is 19.6 Å². The van der Waals surface area contributed by atoms with Gasteiger partial charge in [0.15, 0.2) is 0 Å². The Balaban J connectivity index is 1.41. The van der Waals surface area contributed by atoms with Crippen LogP contribution in [0.3, 0.4) is 0 Å². The molecule has 2 nitrogen and oxygen atoms in total. The van der Waals surface area contributed by atoms with Gasteiger partial charge in [0.05, 0.1) is 10.0 Å². The summed E-state index contributed by atoms with van der Waals surface area (Å²) in [6, 6.07) is 24.8. The van der Waals surface area contributed by atoms with Crippen LogP contribution in [0, 0.1) is 0 Å². The largest absolute Gasteiger partial charge is 0.489 e. The zero-order valence-electron chi connectivity index (χ0n) is 16.0. The van der Waals surface area contributed by atoms with E-state index < -0.39 is 0 Å². The summed E-state index contributed by atoms with van der Waals surface area (Å²) in [7, 11) is 0. The predicted molar refractivity (Wildman–Crippen MR) is 118 cm³/mol. The second-order valence-corrected chi connectivity index (χ2v) is 7.80. The molecule has 3 aromatic carbocycles. The first-order valence-corrected chi connectivity index (χ1v) is 10.3. The first-order valence-electron chi connectivity index (χ1n) is 9.53. The smallest absolute Gasteiger partial charge is 0.119 e. The van der Waals surface area contributed by atoms with Gasteiger partial charge >= 0.3 is 0 Å². The molecule has 1 N–H and O–H groups in total. The molecule has 3 aromatic rings. The maximum absolute atomic E-state index is 6.04. The Morgan fingerprint density at radius 3 is 2.25 bits per heavy atom. The summed E-state index contributed by atoms with van der Waals surface area (Å²) in [5.41, 5.74) is 3.63. The average Bonchev–Trinajstić information content (AvgIpc) is 2.73. The lowest BCUT2D eigenvalue weighted by atomic mass is 10.1. The zero-order chi connectivity index (χ0) is 19.8. The number of halogens is 2. The lowest BCUT2D eigenvalue weighted by Gasteiger charge is -2.14. The van der Waals surface area contributed by atoms with Crippen LogP contribution in [0.5, 0.6) is 5.75 Å². The van der Waals surface area contributed by atoms with Crippen molar-refractivity contribution in [2.45, 2.75) is 39.0 Å². The molecule has 4 heteroatoms. The highest BCUT2D eigenvalue weighted by molar-refractivity contribution is 6.42. The molecule has 0 fully saturated rings. The molecule has 0 spiro atoms. The fourth-order valence-electron chi connectivity index (χ4n) is 2.92. The monoisotopic (exact) mass is 413 g/mol. The minimum Gasteiger partial charge on any atom is -0.489 e. The summed E-state index contributed by atoms with van der Waals surface area (Å²) in [6.45, 7) is 3.55. The molecular formula is C24H25Cl2NO. The number of hydrogen-bond acceptors (Lipinski definition) is 2. The average molecular weight is 414 g/mol. The quantitative estimate of drug-likeness (QED) is 0.422. The second-order valence-electron chi connectivity index (χ2n) is 6.99. The highest BCUT2D eigenvalue weighted by Gasteiger charge is 2.04. The molecule has 28 heavy (non-hydrogen) atoms. The fourth-order valence-corrected chi connectivity index (χ4v) is 3.24. The Morgan fingerprint density at radius 1 is 0.821 bits per heavy atom. The number of benzene rings is 3. The van der Waals surface area contributed by atoms with Crippen LogP contribution in [-0.4, -0.2) is 6.04 Å². The van der Waals surface area contributed by atoms with E-state index in [9.17, 15) is 0 Å². The number of ether oxygens (including phenoxy) is 1. The predicted octanol–water partition coefficient (Wildman–Crippen LogP) is 6.68. The molecule has 0 unspecified atom stereocenters. The number of hydrogen-bond donors (Lipinski definition) is 1. The Morgan fingerprint density at radius 2 is 1.54 bits per heavy atom. The summed E-state index contributed by atoms with van der Waals surface area (Å²) < 4.78 is 5.83. The number of aryl methyl sites for hydroxylation is 1. The van der Waals surface area contributed by atoms with Crippen molar-refractivity contribution < 1.29 is 4.74 Å². The Hall–Kier alpha value is -2.00. The molecule has 146 valence electrons. The zero-order valence-corrected chi connectivity index (χ0v) is 17.5. The van der Waals surface area contributed by atoms with Gasteiger partial charge in [0.1, 0.15) is 12.4 Å². The van der Waals surface area contributed by atoms with Crippen LogP contribution in [0.1, 0.15) is 30.0 Å². The Labute approximate surface area is 177 Å². The highest BCUT2D eigenvalue weighted by atomic mass is 35.5. The maximum Gasteiger partial charge on any atom is 0.119 e. The Kier molecular flexibility index (Phi) is 7.79. The van der Waals surface area contributed by atoms with Crippen LogP contribution >= 0.6 is 23.2 Å². The first-order chi connectivity index (χ1) is 13.6. The van der Waals surface area contributed by atoms with Crippen molar-refractivity contribution in [2.75, 3.05) is 0 Å². The van der Waals surface area contributed by atoms with Crippen LogP contribution in [0.15, 0.2) is 72.8 Å². The normalized spacial score (nSPS) is 12.0. The van der Waals surface area contributed by atoms with E-state index in [1.54, 1.807) is 6.07 Å². The summed E-state index contributed by atoms with van der Waals surface area (Å²) in [5.74, 6) is 0.840. The van der Waals surface area contributed by atoms with Crippen LogP contribution in [0.4, 0.5) is 0 Å². The lowest BCUT2D eigenvalue weighted by Crippen LogP contribution is -2.25. The standard InChI is InChI=1S/C24H25Cl2NO/c1-18(7-8-19-5-3-2-4-6-19)27-16-20-9-12-22(13-10-20)28-17-21-11-14-23(25)24(26)15-21/h2-6,9-15,18,27H,7-8,16-17H2,1H3/t18-/m0/s1. The molecule has 0 saturated heterocycles. The molecule has 3 rings (SSSR count). The second kappa shape index (κ2) is 10.5. The van der Waals surface area contributed by atoms with Gasteiger partial charge in [0.2, 0.25) is 0 Å². The van der Waals surface area contributed by atoms with E-state index in [-0.39, 0.29) is 0 Å². The molecule has 0 bridgehead atoms. The van der Waals surface area contributed by atoms with E-state index in [1.807, 2.05) is 24.3 Å². The molecule has 0 aliphatic carbocycles. The number of rotatable bonds is 9. The van der Waals surface area contributed by atoms with Gasteiger partial charge < -0.3 is 10.1 Å². The topological polar surface area (TPSA) is 21.3 Å². The van der Waals surface area contributed by atoms with Gasteiger partial charge in [-0.3, -0.25) is 0 Å². The molecule has 0 aromatic heterocycles. The maximum atomic E-state index is 6.04. The fraction of sp³-hybridized carbons (Fsp3) is 0.250. The molecule has 0 heterocycles. The van der Waals surface area contributed by atoms with Crippen LogP contribution < -0.4 is 10.1 Å². The van der Waals surface area contributed by atoms with Crippen molar-refractivity contribution in [1.29, 1.82) is 0 Å². The van der Waals surface area contributed by atoms with Crippen molar-refractivity contribution in [2.24, 2.45) is 0 Å². The minimum atomic E-state index is 0.463. The van der Waals surface area contributed by atoms with Gasteiger partial charge in [0, 0.05) is 12.6 Å². The number of nitrogens with one attached hydrogen (secondary N) is 1. The summed E-state index contributed by atoms with van der Waals surface area (Å²) in [6.07, 6.45) is 2.21. The molecule has 0 amide bonds. The van der Waals surface area contributed by atoms with Crippen LogP contribution in [0.2, 0.25) is 10.0 Å². The van der Waals surface area contributed by atoms with E-state index >= 15 is 0 Å². The highest BCUT2D eigenvalue weighted by Crippen LogP contribution is 2.23. The third-order valence-corrected chi connectivity index (χ3v) is 5.42. The third-order valence-electron chi connectivity index (χ3n) is 4.68. The molecule has 0 aliphatic heterocycles. The van der Waals surface area contributed by atoms with Crippen molar-refractivity contribution in [3.8, 4) is 5.75 Å². The third kappa shape index (κ3) is 6.56. The van der Waals surface area contributed by atoms with Gasteiger partial charge in [-0.25, -0.2) is 0 Å². The van der Waals surface area contributed by atoms with Crippen molar-refractivity contribution in [3.05, 3.63) is 99.5 Å².